The van der Waals surface area contributed by atoms with Crippen molar-refractivity contribution < 1.29 is 19.4 Å². The van der Waals surface area contributed by atoms with Crippen molar-refractivity contribution in [2.24, 2.45) is 0 Å². The van der Waals surface area contributed by atoms with Crippen molar-refractivity contribution in [1.82, 2.24) is 10.2 Å². The fourth-order valence-corrected chi connectivity index (χ4v) is 3.49. The zero-order valence-corrected chi connectivity index (χ0v) is 16.0. The number of rotatable bonds is 9. The molecule has 0 radical (unpaired) electrons. The average Bonchev–Trinajstić information content (AvgIpc) is 2.68. The smallest absolute Gasteiger partial charge is 0.317 e. The second kappa shape index (κ2) is 9.37. The van der Waals surface area contributed by atoms with E-state index in [0.29, 0.717) is 18.7 Å². The standard InChI is InChI=1S/C22H26N2O4/c1-2-24(14-21(25)26)18-12-17(13-18)23-22(27)20-11-7-6-8-16(20)15-28-19-9-4-3-5-10-19/h3-11,17-18H,2,12-15H2,1H3,(H,23,27)(H,25,26). The Kier molecular flexibility index (Phi) is 6.66. The highest BCUT2D eigenvalue weighted by Crippen LogP contribution is 2.26. The molecule has 0 bridgehead atoms. The van der Waals surface area contributed by atoms with Gasteiger partial charge in [-0.3, -0.25) is 14.5 Å². The Morgan fingerprint density at radius 3 is 2.46 bits per heavy atom. The maximum atomic E-state index is 12.7. The van der Waals surface area contributed by atoms with Crippen LogP contribution in [0.5, 0.6) is 5.75 Å². The number of carboxylic acid groups (broad SMARTS) is 1. The number of hydrogen-bond donors (Lipinski definition) is 2. The molecule has 6 nitrogen and oxygen atoms in total. The molecule has 1 saturated carbocycles. The monoisotopic (exact) mass is 382 g/mol. The van der Waals surface area contributed by atoms with Crippen molar-refractivity contribution in [2.45, 2.75) is 38.5 Å². The van der Waals surface area contributed by atoms with Crippen LogP contribution in [0.3, 0.4) is 0 Å². The largest absolute Gasteiger partial charge is 0.489 e. The van der Waals surface area contributed by atoms with Gasteiger partial charge >= 0.3 is 5.97 Å². The first-order chi connectivity index (χ1) is 13.6. The summed E-state index contributed by atoms with van der Waals surface area (Å²) in [4.78, 5) is 25.6. The number of benzene rings is 2. The zero-order chi connectivity index (χ0) is 19.9. The first-order valence-corrected chi connectivity index (χ1v) is 9.59. The number of carbonyl (C=O) groups excluding carboxylic acids is 1. The van der Waals surface area contributed by atoms with Crippen molar-refractivity contribution in [1.29, 1.82) is 0 Å². The molecule has 0 aromatic heterocycles. The Labute approximate surface area is 165 Å². The minimum absolute atomic E-state index is 0.0431. The lowest BCUT2D eigenvalue weighted by Crippen LogP contribution is -2.54. The predicted octanol–water partition coefficient (Wildman–Crippen LogP) is 2.93. The number of amides is 1. The molecule has 148 valence electrons. The number of para-hydroxylation sites is 1. The van der Waals surface area contributed by atoms with Crippen LogP contribution < -0.4 is 10.1 Å². The molecule has 1 aliphatic carbocycles. The van der Waals surface area contributed by atoms with E-state index in [1.54, 1.807) is 6.07 Å². The van der Waals surface area contributed by atoms with Crippen molar-refractivity contribution in [3.63, 3.8) is 0 Å². The second-order valence-corrected chi connectivity index (χ2v) is 7.01. The van der Waals surface area contributed by atoms with Gasteiger partial charge in [0.15, 0.2) is 0 Å². The molecule has 0 atom stereocenters. The Morgan fingerprint density at radius 2 is 1.79 bits per heavy atom. The summed E-state index contributed by atoms with van der Waals surface area (Å²) in [5.74, 6) is -0.170. The number of nitrogens with one attached hydrogen (secondary N) is 1. The summed E-state index contributed by atoms with van der Waals surface area (Å²) in [6, 6.07) is 17.2. The normalized spacial score (nSPS) is 18.4. The molecule has 2 aromatic rings. The van der Waals surface area contributed by atoms with E-state index in [4.69, 9.17) is 9.84 Å². The number of carbonyl (C=O) groups is 2. The van der Waals surface area contributed by atoms with Crippen LogP contribution >= 0.6 is 0 Å². The van der Waals surface area contributed by atoms with Gasteiger partial charge in [-0.15, -0.1) is 0 Å². The lowest BCUT2D eigenvalue weighted by atomic mass is 9.85. The van der Waals surface area contributed by atoms with Gasteiger partial charge in [0.05, 0.1) is 6.54 Å². The van der Waals surface area contributed by atoms with Gasteiger partial charge in [0.2, 0.25) is 0 Å². The molecule has 0 heterocycles. The van der Waals surface area contributed by atoms with E-state index < -0.39 is 5.97 Å². The molecule has 3 rings (SSSR count). The van der Waals surface area contributed by atoms with E-state index in [2.05, 4.69) is 5.32 Å². The van der Waals surface area contributed by atoms with Crippen LogP contribution in [0.1, 0.15) is 35.7 Å². The molecule has 0 spiro atoms. The molecule has 2 N–H and O–H groups in total. The van der Waals surface area contributed by atoms with Crippen LogP contribution in [0.4, 0.5) is 0 Å². The lowest BCUT2D eigenvalue weighted by molar-refractivity contribution is -0.139. The van der Waals surface area contributed by atoms with Crippen LogP contribution in [0.15, 0.2) is 54.6 Å². The molecule has 6 heteroatoms. The van der Waals surface area contributed by atoms with Crippen molar-refractivity contribution in [2.75, 3.05) is 13.1 Å². The van der Waals surface area contributed by atoms with Crippen molar-refractivity contribution >= 4 is 11.9 Å². The van der Waals surface area contributed by atoms with Gasteiger partial charge in [-0.1, -0.05) is 43.3 Å². The number of likely N-dealkylation sites (N-methyl/N-ethyl adjacent to an activating group) is 1. The molecule has 0 aliphatic heterocycles. The van der Waals surface area contributed by atoms with E-state index in [1.165, 1.54) is 0 Å². The zero-order valence-electron chi connectivity index (χ0n) is 16.0. The number of hydrogen-bond acceptors (Lipinski definition) is 4. The van der Waals surface area contributed by atoms with Gasteiger partial charge in [0, 0.05) is 23.2 Å². The summed E-state index contributed by atoms with van der Waals surface area (Å²) in [7, 11) is 0. The first-order valence-electron chi connectivity index (χ1n) is 9.59. The van der Waals surface area contributed by atoms with Crippen LogP contribution in [0, 0.1) is 0 Å². The minimum Gasteiger partial charge on any atom is -0.489 e. The lowest BCUT2D eigenvalue weighted by Gasteiger charge is -2.42. The molecule has 1 aliphatic rings. The molecule has 28 heavy (non-hydrogen) atoms. The highest BCUT2D eigenvalue weighted by atomic mass is 16.5. The fraction of sp³-hybridized carbons (Fsp3) is 0.364. The van der Waals surface area contributed by atoms with E-state index in [0.717, 1.165) is 24.2 Å². The van der Waals surface area contributed by atoms with Gasteiger partial charge in [-0.05, 0) is 37.6 Å². The minimum atomic E-state index is -0.818. The van der Waals surface area contributed by atoms with E-state index in [-0.39, 0.29) is 24.5 Å². The van der Waals surface area contributed by atoms with E-state index in [1.807, 2.05) is 60.4 Å². The van der Waals surface area contributed by atoms with Crippen LogP contribution in [-0.2, 0) is 11.4 Å². The summed E-state index contributed by atoms with van der Waals surface area (Å²) in [6.07, 6.45) is 1.55. The highest BCUT2D eigenvalue weighted by Gasteiger charge is 2.34. The van der Waals surface area contributed by atoms with Crippen molar-refractivity contribution in [3.05, 3.63) is 65.7 Å². The Morgan fingerprint density at radius 1 is 1.11 bits per heavy atom. The number of ether oxygens (including phenoxy) is 1. The quantitative estimate of drug-likeness (QED) is 0.697. The van der Waals surface area contributed by atoms with E-state index in [9.17, 15) is 9.59 Å². The highest BCUT2D eigenvalue weighted by molar-refractivity contribution is 5.95. The van der Waals surface area contributed by atoms with Crippen LogP contribution in [0.25, 0.3) is 0 Å². The maximum Gasteiger partial charge on any atom is 0.317 e. The third-order valence-corrected chi connectivity index (χ3v) is 5.11. The molecule has 1 amide bonds. The third-order valence-electron chi connectivity index (χ3n) is 5.11. The molecule has 1 fully saturated rings. The summed E-state index contributed by atoms with van der Waals surface area (Å²) < 4.78 is 5.79. The number of carboxylic acids is 1. The van der Waals surface area contributed by atoms with Crippen LogP contribution in [0.2, 0.25) is 0 Å². The summed E-state index contributed by atoms with van der Waals surface area (Å²) in [6.45, 7) is 3.01. The van der Waals surface area contributed by atoms with Gasteiger partial charge < -0.3 is 15.2 Å². The number of aliphatic carboxylic acids is 1. The Balaban J connectivity index is 1.55. The summed E-state index contributed by atoms with van der Waals surface area (Å²) in [5.41, 5.74) is 1.44. The molecular formula is C22H26N2O4. The Bertz CT molecular complexity index is 803. The molecule has 2 aromatic carbocycles. The third kappa shape index (κ3) is 5.10. The van der Waals surface area contributed by atoms with Crippen molar-refractivity contribution in [3.8, 4) is 5.75 Å². The summed E-state index contributed by atoms with van der Waals surface area (Å²) >= 11 is 0. The average molecular weight is 382 g/mol. The van der Waals surface area contributed by atoms with Gasteiger partial charge in [0.25, 0.3) is 5.91 Å². The molecule has 0 saturated heterocycles. The van der Waals surface area contributed by atoms with Gasteiger partial charge in [0.1, 0.15) is 12.4 Å². The maximum absolute atomic E-state index is 12.7. The SMILES string of the molecule is CCN(CC(=O)O)C1CC(NC(=O)c2ccccc2COc2ccccc2)C1. The van der Waals surface area contributed by atoms with Gasteiger partial charge in [-0.25, -0.2) is 0 Å². The van der Waals surface area contributed by atoms with E-state index >= 15 is 0 Å². The molecular weight excluding hydrogens is 356 g/mol. The van der Waals surface area contributed by atoms with Gasteiger partial charge in [-0.2, -0.15) is 0 Å². The topological polar surface area (TPSA) is 78.9 Å². The fourth-order valence-electron chi connectivity index (χ4n) is 3.49. The predicted molar refractivity (Wildman–Crippen MR) is 106 cm³/mol. The second-order valence-electron chi connectivity index (χ2n) is 7.01. The molecule has 0 unspecified atom stereocenters. The first kappa shape index (κ1) is 19.9. The number of nitrogens with zero attached hydrogens (tertiary/aromatic N) is 1. The Hall–Kier alpha value is -2.86. The summed E-state index contributed by atoms with van der Waals surface area (Å²) in [5, 5.41) is 12.0. The van der Waals surface area contributed by atoms with Crippen LogP contribution in [-0.4, -0.2) is 47.1 Å².